The van der Waals surface area contributed by atoms with Crippen LogP contribution < -0.4 is 19.6 Å². The van der Waals surface area contributed by atoms with Crippen LogP contribution in [0.2, 0.25) is 5.02 Å². The van der Waals surface area contributed by atoms with Gasteiger partial charge in [0, 0.05) is 16.1 Å². The number of allylic oxidation sites excluding steroid dienone is 1. The number of nitrogens with one attached hydrogen (secondary N) is 1. The van der Waals surface area contributed by atoms with E-state index in [9.17, 15) is 4.79 Å². The summed E-state index contributed by atoms with van der Waals surface area (Å²) in [6.07, 6.45) is 3.92. The van der Waals surface area contributed by atoms with Gasteiger partial charge in [-0.1, -0.05) is 60.1 Å². The molecule has 7 heteroatoms. The molecule has 194 valence electrons. The number of fused-ring (bicyclic) bond motifs is 1. The highest BCUT2D eigenvalue weighted by molar-refractivity contribution is 6.31. The molecule has 0 bridgehead atoms. The molecule has 0 spiro atoms. The first-order valence-electron chi connectivity index (χ1n) is 12.2. The number of benzene rings is 4. The van der Waals surface area contributed by atoms with Crippen LogP contribution in [0.25, 0.3) is 10.8 Å². The van der Waals surface area contributed by atoms with Crippen LogP contribution in [-0.2, 0) is 13.0 Å². The Balaban J connectivity index is 1.57. The summed E-state index contributed by atoms with van der Waals surface area (Å²) >= 11 is 6.31. The molecule has 0 aliphatic rings. The van der Waals surface area contributed by atoms with Crippen molar-refractivity contribution >= 4 is 34.5 Å². The van der Waals surface area contributed by atoms with Crippen LogP contribution in [0, 0.1) is 0 Å². The summed E-state index contributed by atoms with van der Waals surface area (Å²) in [5, 5.41) is 6.75. The van der Waals surface area contributed by atoms with Crippen molar-refractivity contribution in [2.24, 2.45) is 5.10 Å². The first-order chi connectivity index (χ1) is 18.5. The standard InChI is InChI=1S/C31H29ClN2O4/c1-4-10-24-15-21(16-29(37-5-2)30(24)38-20-25-13-8-9-14-27(25)32)19-33-34-31(35)26-17-22-11-6-7-12-23(22)18-28(26)36-3/h4,6-9,11-19H,1,5,10,20H2,2-3H3,(H,34,35)/b33-19-. The summed E-state index contributed by atoms with van der Waals surface area (Å²) in [4.78, 5) is 12.9. The number of ether oxygens (including phenoxy) is 3. The molecule has 1 N–H and O–H groups in total. The van der Waals surface area contributed by atoms with E-state index in [4.69, 9.17) is 25.8 Å². The normalized spacial score (nSPS) is 10.9. The van der Waals surface area contributed by atoms with E-state index in [2.05, 4.69) is 17.1 Å². The highest BCUT2D eigenvalue weighted by atomic mass is 35.5. The predicted octanol–water partition coefficient (Wildman–Crippen LogP) is 6.97. The zero-order chi connectivity index (χ0) is 26.9. The smallest absolute Gasteiger partial charge is 0.275 e. The largest absolute Gasteiger partial charge is 0.496 e. The molecule has 0 aliphatic heterocycles. The first kappa shape index (κ1) is 26.8. The van der Waals surface area contributed by atoms with Gasteiger partial charge < -0.3 is 14.2 Å². The number of rotatable bonds is 11. The Morgan fingerprint density at radius 1 is 0.974 bits per heavy atom. The van der Waals surface area contributed by atoms with Gasteiger partial charge >= 0.3 is 0 Å². The zero-order valence-corrected chi connectivity index (χ0v) is 22.1. The fraction of sp³-hybridized carbons (Fsp3) is 0.161. The predicted molar refractivity (Wildman–Crippen MR) is 153 cm³/mol. The van der Waals surface area contributed by atoms with Gasteiger partial charge in [0.15, 0.2) is 11.5 Å². The maximum Gasteiger partial charge on any atom is 0.275 e. The summed E-state index contributed by atoms with van der Waals surface area (Å²) in [5.74, 6) is 1.29. The van der Waals surface area contributed by atoms with Gasteiger partial charge in [0.05, 0.1) is 25.5 Å². The summed E-state index contributed by atoms with van der Waals surface area (Å²) < 4.78 is 17.5. The molecular formula is C31H29ClN2O4. The Morgan fingerprint density at radius 2 is 1.71 bits per heavy atom. The van der Waals surface area contributed by atoms with Gasteiger partial charge in [-0.2, -0.15) is 5.10 Å². The molecule has 0 saturated heterocycles. The van der Waals surface area contributed by atoms with Gasteiger partial charge in [0.1, 0.15) is 12.4 Å². The van der Waals surface area contributed by atoms with Crippen molar-refractivity contribution in [2.75, 3.05) is 13.7 Å². The molecule has 0 aromatic heterocycles. The van der Waals surface area contributed by atoms with E-state index in [-0.39, 0.29) is 5.91 Å². The average molecular weight is 529 g/mol. The van der Waals surface area contributed by atoms with Crippen LogP contribution in [0.3, 0.4) is 0 Å². The van der Waals surface area contributed by atoms with Crippen molar-refractivity contribution in [3.63, 3.8) is 0 Å². The third-order valence-electron chi connectivity index (χ3n) is 5.84. The summed E-state index contributed by atoms with van der Waals surface area (Å²) in [5.41, 5.74) is 5.49. The molecule has 38 heavy (non-hydrogen) atoms. The lowest BCUT2D eigenvalue weighted by atomic mass is 10.1. The summed E-state index contributed by atoms with van der Waals surface area (Å²) in [6, 6.07) is 22.7. The minimum atomic E-state index is -0.375. The monoisotopic (exact) mass is 528 g/mol. The maximum absolute atomic E-state index is 12.9. The molecule has 0 saturated carbocycles. The fourth-order valence-corrected chi connectivity index (χ4v) is 4.24. The van der Waals surface area contributed by atoms with E-state index in [1.165, 1.54) is 7.11 Å². The van der Waals surface area contributed by atoms with E-state index < -0.39 is 0 Å². The third-order valence-corrected chi connectivity index (χ3v) is 6.21. The number of carbonyl (C=O) groups is 1. The minimum Gasteiger partial charge on any atom is -0.496 e. The van der Waals surface area contributed by atoms with Gasteiger partial charge in [-0.25, -0.2) is 5.43 Å². The zero-order valence-electron chi connectivity index (χ0n) is 21.4. The second-order valence-corrected chi connectivity index (χ2v) is 8.82. The molecule has 0 unspecified atom stereocenters. The second-order valence-electron chi connectivity index (χ2n) is 8.41. The van der Waals surface area contributed by atoms with E-state index >= 15 is 0 Å². The quantitative estimate of drug-likeness (QED) is 0.130. The Kier molecular flexibility index (Phi) is 9.01. The van der Waals surface area contributed by atoms with Gasteiger partial charge in [0.25, 0.3) is 5.91 Å². The van der Waals surface area contributed by atoms with Crippen molar-refractivity contribution < 1.29 is 19.0 Å². The molecule has 4 aromatic rings. The molecule has 1 amide bonds. The number of methoxy groups -OCH3 is 1. The molecule has 0 heterocycles. The van der Waals surface area contributed by atoms with Gasteiger partial charge in [-0.15, -0.1) is 6.58 Å². The van der Waals surface area contributed by atoms with E-state index in [0.717, 1.165) is 27.5 Å². The van der Waals surface area contributed by atoms with Gasteiger partial charge in [-0.05, 0) is 60.0 Å². The van der Waals surface area contributed by atoms with E-state index in [1.54, 1.807) is 18.4 Å². The number of hydrogen-bond donors (Lipinski definition) is 1. The number of hydrogen-bond acceptors (Lipinski definition) is 5. The maximum atomic E-state index is 12.9. The fourth-order valence-electron chi connectivity index (χ4n) is 4.05. The molecule has 4 aromatic carbocycles. The number of amides is 1. The Labute approximate surface area is 227 Å². The molecule has 0 atom stereocenters. The average Bonchev–Trinajstić information content (AvgIpc) is 2.93. The van der Waals surface area contributed by atoms with Gasteiger partial charge in [-0.3, -0.25) is 4.79 Å². The second kappa shape index (κ2) is 12.8. The highest BCUT2D eigenvalue weighted by Gasteiger charge is 2.15. The van der Waals surface area contributed by atoms with Crippen LogP contribution in [0.4, 0.5) is 0 Å². The topological polar surface area (TPSA) is 69.2 Å². The van der Waals surface area contributed by atoms with Crippen molar-refractivity contribution in [3.8, 4) is 17.2 Å². The summed E-state index contributed by atoms with van der Waals surface area (Å²) in [6.45, 7) is 6.52. The third kappa shape index (κ3) is 6.33. The SMILES string of the molecule is C=CCc1cc(/C=N\NC(=O)c2cc3ccccc3cc2OC)cc(OCC)c1OCc1ccccc1Cl. The van der Waals surface area contributed by atoms with Crippen molar-refractivity contribution in [1.29, 1.82) is 0 Å². The number of carbonyl (C=O) groups excluding carboxylic acids is 1. The van der Waals surface area contributed by atoms with Crippen LogP contribution in [0.1, 0.15) is 34.0 Å². The van der Waals surface area contributed by atoms with Crippen LogP contribution in [0.5, 0.6) is 17.2 Å². The Morgan fingerprint density at radius 3 is 2.42 bits per heavy atom. The lowest BCUT2D eigenvalue weighted by Gasteiger charge is -2.17. The number of hydrazone groups is 1. The Hall–Kier alpha value is -4.29. The molecule has 4 rings (SSSR count). The van der Waals surface area contributed by atoms with Crippen LogP contribution in [0.15, 0.2) is 90.6 Å². The molecular weight excluding hydrogens is 500 g/mol. The Bertz CT molecular complexity index is 1480. The number of nitrogens with zero attached hydrogens (tertiary/aromatic N) is 1. The molecule has 0 fully saturated rings. The first-order valence-corrected chi connectivity index (χ1v) is 12.6. The highest BCUT2D eigenvalue weighted by Crippen LogP contribution is 2.35. The van der Waals surface area contributed by atoms with E-state index in [1.807, 2.05) is 73.7 Å². The van der Waals surface area contributed by atoms with E-state index in [0.29, 0.717) is 47.5 Å². The molecule has 0 aliphatic carbocycles. The molecule has 6 nitrogen and oxygen atoms in total. The van der Waals surface area contributed by atoms with Crippen LogP contribution >= 0.6 is 11.6 Å². The van der Waals surface area contributed by atoms with Crippen molar-refractivity contribution in [1.82, 2.24) is 5.43 Å². The number of halogens is 1. The minimum absolute atomic E-state index is 0.293. The van der Waals surface area contributed by atoms with Crippen molar-refractivity contribution in [3.05, 3.63) is 113 Å². The molecule has 0 radical (unpaired) electrons. The van der Waals surface area contributed by atoms with Gasteiger partial charge in [0.2, 0.25) is 0 Å². The van der Waals surface area contributed by atoms with Crippen LogP contribution in [-0.4, -0.2) is 25.8 Å². The van der Waals surface area contributed by atoms with Crippen molar-refractivity contribution in [2.45, 2.75) is 20.0 Å². The lowest BCUT2D eigenvalue weighted by Crippen LogP contribution is -2.18. The lowest BCUT2D eigenvalue weighted by molar-refractivity contribution is 0.0952. The summed E-state index contributed by atoms with van der Waals surface area (Å²) in [7, 11) is 1.54.